The van der Waals surface area contributed by atoms with Crippen molar-refractivity contribution in [2.75, 3.05) is 25.5 Å². The summed E-state index contributed by atoms with van der Waals surface area (Å²) in [5.74, 6) is 0.819. The maximum atomic E-state index is 11.9. The summed E-state index contributed by atoms with van der Waals surface area (Å²) in [6, 6.07) is -0.209. The number of thiazole rings is 1. The van der Waals surface area contributed by atoms with Gasteiger partial charge in [-0.25, -0.2) is 9.78 Å². The van der Waals surface area contributed by atoms with Crippen LogP contribution in [0.1, 0.15) is 38.3 Å². The van der Waals surface area contributed by atoms with E-state index in [1.54, 1.807) is 10.4 Å². The zero-order valence-electron chi connectivity index (χ0n) is 12.7. The molecule has 1 unspecified atom stereocenters. The molecule has 1 fully saturated rings. The van der Waals surface area contributed by atoms with Gasteiger partial charge in [0.15, 0.2) is 0 Å². The normalized spacial score (nSPS) is 18.4. The standard InChI is InChI=1S/C14H22N4O2S/c1-9(2)12-13(21-8-16-12)17-14(20)15-5-4-10-6-11(19)18(3)7-10/h8-10H,4-7H2,1-3H3,(H2,15,17,20). The Balaban J connectivity index is 1.73. The van der Waals surface area contributed by atoms with Gasteiger partial charge >= 0.3 is 6.03 Å². The molecule has 0 aliphatic carbocycles. The third-order valence-corrected chi connectivity index (χ3v) is 4.39. The van der Waals surface area contributed by atoms with Gasteiger partial charge in [0.1, 0.15) is 5.00 Å². The quantitative estimate of drug-likeness (QED) is 0.876. The fourth-order valence-electron chi connectivity index (χ4n) is 2.45. The molecule has 0 saturated carbocycles. The monoisotopic (exact) mass is 310 g/mol. The van der Waals surface area contributed by atoms with Gasteiger partial charge in [0.25, 0.3) is 0 Å². The molecule has 0 bridgehead atoms. The lowest BCUT2D eigenvalue weighted by Crippen LogP contribution is -2.30. The van der Waals surface area contributed by atoms with Crippen molar-refractivity contribution in [2.24, 2.45) is 5.92 Å². The van der Waals surface area contributed by atoms with Crippen molar-refractivity contribution in [3.63, 3.8) is 0 Å². The highest BCUT2D eigenvalue weighted by atomic mass is 32.1. The van der Waals surface area contributed by atoms with Crippen molar-refractivity contribution in [3.05, 3.63) is 11.2 Å². The molecule has 6 nitrogen and oxygen atoms in total. The Hall–Kier alpha value is -1.63. The molecule has 1 aromatic rings. The second kappa shape index (κ2) is 6.89. The average Bonchev–Trinajstić information content (AvgIpc) is 2.97. The third-order valence-electron chi connectivity index (χ3n) is 3.63. The van der Waals surface area contributed by atoms with E-state index in [2.05, 4.69) is 15.6 Å². The van der Waals surface area contributed by atoms with Gasteiger partial charge in [-0.3, -0.25) is 10.1 Å². The van der Waals surface area contributed by atoms with E-state index in [1.807, 2.05) is 20.9 Å². The molecule has 1 atom stereocenters. The second-order valence-electron chi connectivity index (χ2n) is 5.74. The number of nitrogens with one attached hydrogen (secondary N) is 2. The van der Waals surface area contributed by atoms with Crippen LogP contribution in [0.2, 0.25) is 0 Å². The Bertz CT molecular complexity index is 515. The second-order valence-corrected chi connectivity index (χ2v) is 6.59. The van der Waals surface area contributed by atoms with Gasteiger partial charge in [0, 0.05) is 26.6 Å². The number of hydrogen-bond donors (Lipinski definition) is 2. The summed E-state index contributed by atoms with van der Waals surface area (Å²) in [5, 5.41) is 6.49. The van der Waals surface area contributed by atoms with Crippen LogP contribution in [-0.2, 0) is 4.79 Å². The van der Waals surface area contributed by atoms with E-state index in [-0.39, 0.29) is 17.9 Å². The van der Waals surface area contributed by atoms with Crippen molar-refractivity contribution in [3.8, 4) is 0 Å². The first-order valence-electron chi connectivity index (χ1n) is 7.19. The van der Waals surface area contributed by atoms with Crippen molar-refractivity contribution >= 4 is 28.3 Å². The summed E-state index contributed by atoms with van der Waals surface area (Å²) >= 11 is 1.43. The van der Waals surface area contributed by atoms with Crippen LogP contribution >= 0.6 is 11.3 Å². The predicted molar refractivity (Wildman–Crippen MR) is 83.6 cm³/mol. The van der Waals surface area contributed by atoms with E-state index in [1.165, 1.54) is 11.3 Å². The molecule has 116 valence electrons. The molecular formula is C14H22N4O2S. The van der Waals surface area contributed by atoms with E-state index in [4.69, 9.17) is 0 Å². The number of amides is 3. The van der Waals surface area contributed by atoms with Crippen LogP contribution in [0.25, 0.3) is 0 Å². The summed E-state index contributed by atoms with van der Waals surface area (Å²) in [5.41, 5.74) is 2.66. The van der Waals surface area contributed by atoms with Crippen LogP contribution in [0, 0.1) is 5.92 Å². The van der Waals surface area contributed by atoms with Gasteiger partial charge in [-0.1, -0.05) is 13.8 Å². The lowest BCUT2D eigenvalue weighted by molar-refractivity contribution is -0.126. The molecule has 2 rings (SSSR count). The summed E-state index contributed by atoms with van der Waals surface area (Å²) in [7, 11) is 1.82. The number of anilines is 1. The zero-order chi connectivity index (χ0) is 15.4. The Morgan fingerprint density at radius 3 is 2.95 bits per heavy atom. The number of hydrogen-bond acceptors (Lipinski definition) is 4. The first-order valence-corrected chi connectivity index (χ1v) is 8.07. The fraction of sp³-hybridized carbons (Fsp3) is 0.643. The van der Waals surface area contributed by atoms with Gasteiger partial charge in [-0.05, 0) is 18.3 Å². The first kappa shape index (κ1) is 15.8. The lowest BCUT2D eigenvalue weighted by atomic mass is 10.1. The molecule has 1 aromatic heterocycles. The van der Waals surface area contributed by atoms with Crippen LogP contribution in [0.15, 0.2) is 5.51 Å². The molecular weight excluding hydrogens is 288 g/mol. The minimum absolute atomic E-state index is 0.190. The smallest absolute Gasteiger partial charge is 0.319 e. The van der Waals surface area contributed by atoms with E-state index in [9.17, 15) is 9.59 Å². The van der Waals surface area contributed by atoms with E-state index in [0.717, 1.165) is 23.7 Å². The molecule has 0 aromatic carbocycles. The van der Waals surface area contributed by atoms with Gasteiger partial charge in [0.2, 0.25) is 5.91 Å². The van der Waals surface area contributed by atoms with Crippen LogP contribution in [0.5, 0.6) is 0 Å². The fourth-order valence-corrected chi connectivity index (χ4v) is 3.28. The van der Waals surface area contributed by atoms with Crippen LogP contribution < -0.4 is 10.6 Å². The SMILES string of the molecule is CC(C)c1ncsc1NC(=O)NCCC1CC(=O)N(C)C1. The number of rotatable bonds is 5. The molecule has 2 N–H and O–H groups in total. The highest BCUT2D eigenvalue weighted by Gasteiger charge is 2.26. The third kappa shape index (κ3) is 4.17. The Morgan fingerprint density at radius 1 is 1.57 bits per heavy atom. The number of carbonyl (C=O) groups excluding carboxylic acids is 2. The van der Waals surface area contributed by atoms with Gasteiger partial charge in [-0.15, -0.1) is 11.3 Å². The molecule has 1 saturated heterocycles. The highest BCUT2D eigenvalue weighted by molar-refractivity contribution is 7.14. The Labute approximate surface area is 128 Å². The molecule has 0 spiro atoms. The van der Waals surface area contributed by atoms with E-state index in [0.29, 0.717) is 18.9 Å². The minimum Gasteiger partial charge on any atom is -0.345 e. The Morgan fingerprint density at radius 2 is 2.33 bits per heavy atom. The predicted octanol–water partition coefficient (Wildman–Crippen LogP) is 2.26. The number of likely N-dealkylation sites (tertiary alicyclic amines) is 1. The van der Waals surface area contributed by atoms with Crippen molar-refractivity contribution in [1.82, 2.24) is 15.2 Å². The largest absolute Gasteiger partial charge is 0.345 e. The molecule has 2 heterocycles. The number of urea groups is 1. The zero-order valence-corrected chi connectivity index (χ0v) is 13.5. The number of carbonyl (C=O) groups is 2. The van der Waals surface area contributed by atoms with E-state index >= 15 is 0 Å². The van der Waals surface area contributed by atoms with Gasteiger partial charge in [-0.2, -0.15) is 0 Å². The van der Waals surface area contributed by atoms with Crippen molar-refractivity contribution in [1.29, 1.82) is 0 Å². The maximum Gasteiger partial charge on any atom is 0.319 e. The number of aromatic nitrogens is 1. The summed E-state index contributed by atoms with van der Waals surface area (Å²) in [4.78, 5) is 29.3. The molecule has 7 heteroatoms. The molecule has 1 aliphatic heterocycles. The van der Waals surface area contributed by atoms with Gasteiger partial charge in [0.05, 0.1) is 11.2 Å². The Kier molecular flexibility index (Phi) is 5.17. The van der Waals surface area contributed by atoms with E-state index < -0.39 is 0 Å². The molecule has 21 heavy (non-hydrogen) atoms. The van der Waals surface area contributed by atoms with Crippen LogP contribution in [0.3, 0.4) is 0 Å². The van der Waals surface area contributed by atoms with Crippen LogP contribution in [0.4, 0.5) is 9.80 Å². The van der Waals surface area contributed by atoms with Gasteiger partial charge < -0.3 is 10.2 Å². The van der Waals surface area contributed by atoms with Crippen molar-refractivity contribution < 1.29 is 9.59 Å². The first-order chi connectivity index (χ1) is 9.97. The molecule has 3 amide bonds. The summed E-state index contributed by atoms with van der Waals surface area (Å²) in [6.07, 6.45) is 1.41. The van der Waals surface area contributed by atoms with Crippen LogP contribution in [-0.4, -0.2) is 42.0 Å². The van der Waals surface area contributed by atoms with Crippen molar-refractivity contribution in [2.45, 2.75) is 32.6 Å². The maximum absolute atomic E-state index is 11.9. The minimum atomic E-state index is -0.209. The highest BCUT2D eigenvalue weighted by Crippen LogP contribution is 2.26. The molecule has 0 radical (unpaired) electrons. The average molecular weight is 310 g/mol. The summed E-state index contributed by atoms with van der Waals surface area (Å²) in [6.45, 7) is 5.46. The lowest BCUT2D eigenvalue weighted by Gasteiger charge is -2.12. The topological polar surface area (TPSA) is 74.3 Å². The molecule has 1 aliphatic rings. The summed E-state index contributed by atoms with van der Waals surface area (Å²) < 4.78 is 0. The number of nitrogens with zero attached hydrogens (tertiary/aromatic N) is 2.